The first kappa shape index (κ1) is 11.4. The minimum Gasteiger partial charge on any atom is -0.479 e. The zero-order valence-corrected chi connectivity index (χ0v) is 9.88. The van der Waals surface area contributed by atoms with E-state index < -0.39 is 0 Å². The number of tetrazole rings is 1. The molecular weight excluding hydrogens is 226 g/mol. The summed E-state index contributed by atoms with van der Waals surface area (Å²) >= 11 is 0. The fourth-order valence-corrected chi connectivity index (χ4v) is 1.46. The number of ether oxygens (including phenoxy) is 1. The number of rotatable bonds is 4. The molecular formula is C9H13N5O3. The Labute approximate surface area is 96.7 Å². The van der Waals surface area contributed by atoms with E-state index in [2.05, 4.69) is 15.6 Å². The Bertz CT molecular complexity index is 567. The number of aryl methyl sites for hydroxylation is 2. The Hall–Kier alpha value is -2.12. The fourth-order valence-electron chi connectivity index (χ4n) is 1.46. The molecule has 0 unspecified atom stereocenters. The van der Waals surface area contributed by atoms with Crippen molar-refractivity contribution in [2.75, 3.05) is 7.11 Å². The first-order chi connectivity index (χ1) is 8.17. The zero-order chi connectivity index (χ0) is 12.4. The van der Waals surface area contributed by atoms with E-state index in [9.17, 15) is 4.79 Å². The predicted octanol–water partition coefficient (Wildman–Crippen LogP) is -0.187. The monoisotopic (exact) mass is 239 g/mol. The van der Waals surface area contributed by atoms with Gasteiger partial charge in [0.2, 0.25) is 0 Å². The lowest BCUT2D eigenvalue weighted by Gasteiger charge is -1.99. The molecule has 8 nitrogen and oxygen atoms in total. The van der Waals surface area contributed by atoms with Crippen molar-refractivity contribution in [3.05, 3.63) is 21.8 Å². The fraction of sp³-hybridized carbons (Fsp3) is 0.556. The molecule has 0 spiro atoms. The molecule has 0 aliphatic carbocycles. The van der Waals surface area contributed by atoms with Crippen LogP contribution in [0.2, 0.25) is 0 Å². The standard InChI is InChI=1S/C9H13N5O3/c1-4-13-9(15)14(12-11-13)5-7-6(2)17-10-8(7)16-3/h4-5H2,1-3H3. The molecule has 0 aliphatic rings. The van der Waals surface area contributed by atoms with Gasteiger partial charge in [0.1, 0.15) is 5.76 Å². The third kappa shape index (κ3) is 1.93. The molecule has 0 aromatic carbocycles. The van der Waals surface area contributed by atoms with Gasteiger partial charge in [0, 0.05) is 6.54 Å². The van der Waals surface area contributed by atoms with Gasteiger partial charge in [0.15, 0.2) is 0 Å². The van der Waals surface area contributed by atoms with Crippen molar-refractivity contribution in [2.24, 2.45) is 0 Å². The molecule has 0 aliphatic heterocycles. The highest BCUT2D eigenvalue weighted by atomic mass is 16.5. The van der Waals surface area contributed by atoms with Crippen molar-refractivity contribution in [3.8, 4) is 5.88 Å². The molecule has 0 amide bonds. The summed E-state index contributed by atoms with van der Waals surface area (Å²) in [5, 5.41) is 11.2. The van der Waals surface area contributed by atoms with Crippen molar-refractivity contribution < 1.29 is 9.26 Å². The summed E-state index contributed by atoms with van der Waals surface area (Å²) < 4.78 is 12.5. The Balaban J connectivity index is 2.34. The number of hydrogen-bond donors (Lipinski definition) is 0. The van der Waals surface area contributed by atoms with Crippen molar-refractivity contribution in [2.45, 2.75) is 26.9 Å². The molecule has 0 radical (unpaired) electrons. The largest absolute Gasteiger partial charge is 0.479 e. The lowest BCUT2D eigenvalue weighted by atomic mass is 10.2. The summed E-state index contributed by atoms with van der Waals surface area (Å²) in [6.45, 7) is 4.29. The lowest BCUT2D eigenvalue weighted by molar-refractivity contribution is 0.331. The molecule has 0 saturated carbocycles. The summed E-state index contributed by atoms with van der Waals surface area (Å²) in [6.07, 6.45) is 0. The van der Waals surface area contributed by atoms with E-state index in [1.54, 1.807) is 6.92 Å². The summed E-state index contributed by atoms with van der Waals surface area (Å²) in [7, 11) is 1.49. The van der Waals surface area contributed by atoms with Gasteiger partial charge < -0.3 is 9.26 Å². The van der Waals surface area contributed by atoms with Crippen molar-refractivity contribution in [1.29, 1.82) is 0 Å². The van der Waals surface area contributed by atoms with Gasteiger partial charge in [-0.1, -0.05) is 0 Å². The van der Waals surface area contributed by atoms with Crippen molar-refractivity contribution in [3.63, 3.8) is 0 Å². The molecule has 17 heavy (non-hydrogen) atoms. The van der Waals surface area contributed by atoms with Crippen LogP contribution in [0, 0.1) is 6.92 Å². The molecule has 0 saturated heterocycles. The maximum Gasteiger partial charge on any atom is 0.363 e. The Morgan fingerprint density at radius 3 is 2.65 bits per heavy atom. The molecule has 0 fully saturated rings. The molecule has 8 heteroatoms. The third-order valence-corrected chi connectivity index (χ3v) is 2.45. The first-order valence-electron chi connectivity index (χ1n) is 5.17. The lowest BCUT2D eigenvalue weighted by Crippen LogP contribution is -2.25. The van der Waals surface area contributed by atoms with Crippen LogP contribution in [0.1, 0.15) is 18.2 Å². The highest BCUT2D eigenvalue weighted by Gasteiger charge is 2.16. The Morgan fingerprint density at radius 1 is 1.35 bits per heavy atom. The minimum atomic E-state index is -0.268. The SMILES string of the molecule is CCn1nnn(Cc2c(OC)noc2C)c1=O. The average Bonchev–Trinajstić information content (AvgIpc) is 2.85. The highest BCUT2D eigenvalue weighted by molar-refractivity contribution is 5.27. The average molecular weight is 239 g/mol. The number of aromatic nitrogens is 5. The second-order valence-electron chi connectivity index (χ2n) is 3.46. The summed E-state index contributed by atoms with van der Waals surface area (Å²) in [4.78, 5) is 11.7. The second kappa shape index (κ2) is 4.40. The van der Waals surface area contributed by atoms with Gasteiger partial charge in [-0.25, -0.2) is 4.79 Å². The van der Waals surface area contributed by atoms with Crippen LogP contribution in [0.15, 0.2) is 9.32 Å². The van der Waals surface area contributed by atoms with Crippen LogP contribution < -0.4 is 10.4 Å². The van der Waals surface area contributed by atoms with E-state index in [1.165, 1.54) is 16.5 Å². The minimum absolute atomic E-state index is 0.233. The van der Waals surface area contributed by atoms with Crippen LogP contribution in [0.3, 0.4) is 0 Å². The van der Waals surface area contributed by atoms with Crippen LogP contribution >= 0.6 is 0 Å². The molecule has 2 aromatic rings. The van der Waals surface area contributed by atoms with Crippen LogP contribution in [0.25, 0.3) is 0 Å². The van der Waals surface area contributed by atoms with Crippen LogP contribution in [-0.2, 0) is 13.1 Å². The van der Waals surface area contributed by atoms with E-state index in [0.29, 0.717) is 23.7 Å². The second-order valence-corrected chi connectivity index (χ2v) is 3.46. The Morgan fingerprint density at radius 2 is 2.06 bits per heavy atom. The summed E-state index contributed by atoms with van der Waals surface area (Å²) in [5.41, 5.74) is 0.424. The van der Waals surface area contributed by atoms with Gasteiger partial charge in [-0.15, -0.1) is 0 Å². The molecule has 0 atom stereocenters. The maximum atomic E-state index is 11.7. The van der Waals surface area contributed by atoms with E-state index in [1.807, 2.05) is 6.92 Å². The smallest absolute Gasteiger partial charge is 0.363 e. The van der Waals surface area contributed by atoms with Crippen LogP contribution in [0.4, 0.5) is 0 Å². The molecule has 0 bridgehead atoms. The van der Waals surface area contributed by atoms with Gasteiger partial charge in [0.25, 0.3) is 5.88 Å². The van der Waals surface area contributed by atoms with Gasteiger partial charge in [-0.2, -0.15) is 9.36 Å². The Kier molecular flexibility index (Phi) is 2.94. The van der Waals surface area contributed by atoms with Gasteiger partial charge in [0.05, 0.1) is 19.2 Å². The zero-order valence-electron chi connectivity index (χ0n) is 9.88. The van der Waals surface area contributed by atoms with E-state index in [-0.39, 0.29) is 12.2 Å². The van der Waals surface area contributed by atoms with Crippen LogP contribution in [0.5, 0.6) is 5.88 Å². The summed E-state index contributed by atoms with van der Waals surface area (Å²) in [5.74, 6) is 0.959. The van der Waals surface area contributed by atoms with E-state index in [4.69, 9.17) is 9.26 Å². The summed E-state index contributed by atoms with van der Waals surface area (Å²) in [6, 6.07) is 0. The van der Waals surface area contributed by atoms with Gasteiger partial charge in [-0.3, -0.25) is 0 Å². The molecule has 2 heterocycles. The first-order valence-corrected chi connectivity index (χ1v) is 5.17. The molecule has 0 N–H and O–H groups in total. The normalized spacial score (nSPS) is 10.8. The van der Waals surface area contributed by atoms with Crippen LogP contribution in [-0.4, -0.2) is 32.1 Å². The quantitative estimate of drug-likeness (QED) is 0.735. The van der Waals surface area contributed by atoms with Crippen molar-refractivity contribution >= 4 is 0 Å². The molecule has 2 rings (SSSR count). The molecule has 92 valence electrons. The van der Waals surface area contributed by atoms with Gasteiger partial charge in [-0.05, 0) is 29.4 Å². The topological polar surface area (TPSA) is 88.0 Å². The number of nitrogens with zero attached hydrogens (tertiary/aromatic N) is 5. The number of hydrogen-bond acceptors (Lipinski definition) is 6. The molecule has 2 aromatic heterocycles. The van der Waals surface area contributed by atoms with E-state index >= 15 is 0 Å². The predicted molar refractivity (Wildman–Crippen MR) is 56.9 cm³/mol. The highest BCUT2D eigenvalue weighted by Crippen LogP contribution is 2.20. The van der Waals surface area contributed by atoms with Crippen molar-refractivity contribution in [1.82, 2.24) is 24.9 Å². The van der Waals surface area contributed by atoms with Gasteiger partial charge >= 0.3 is 5.69 Å². The number of methoxy groups -OCH3 is 1. The van der Waals surface area contributed by atoms with E-state index in [0.717, 1.165) is 0 Å². The maximum absolute atomic E-state index is 11.7. The third-order valence-electron chi connectivity index (χ3n) is 2.45.